The maximum absolute atomic E-state index is 14.5. The van der Waals surface area contributed by atoms with Gasteiger partial charge in [-0.1, -0.05) is 31.5 Å². The Bertz CT molecular complexity index is 1020. The maximum atomic E-state index is 14.5. The van der Waals surface area contributed by atoms with Crippen LogP contribution in [0.3, 0.4) is 0 Å². The average Bonchev–Trinajstić information content (AvgIpc) is 3.47. The molecule has 1 N–H and O–H groups in total. The number of aryl methyl sites for hydroxylation is 1. The molecule has 34 heavy (non-hydrogen) atoms. The monoisotopic (exact) mass is 463 g/mol. The molecule has 0 bridgehead atoms. The summed E-state index contributed by atoms with van der Waals surface area (Å²) in [5, 5.41) is 10.1. The summed E-state index contributed by atoms with van der Waals surface area (Å²) in [4.78, 5) is 2.15. The fourth-order valence-electron chi connectivity index (χ4n) is 8.18. The topological polar surface area (TPSA) is 32.7 Å². The summed E-state index contributed by atoms with van der Waals surface area (Å²) in [6, 6.07) is 14.4. The van der Waals surface area contributed by atoms with Crippen LogP contribution in [0.1, 0.15) is 80.4 Å². The number of phenols is 1. The number of nitrogens with zero attached hydrogens (tertiary/aromatic N) is 1. The third-order valence-electron chi connectivity index (χ3n) is 9.66. The van der Waals surface area contributed by atoms with Crippen LogP contribution in [-0.4, -0.2) is 36.0 Å². The van der Waals surface area contributed by atoms with E-state index in [4.69, 9.17) is 4.74 Å². The summed E-state index contributed by atoms with van der Waals surface area (Å²) in [6.07, 6.45) is 8.59. The number of phenolic OH excluding ortho intramolecular Hbond substituents is 1. The quantitative estimate of drug-likeness (QED) is 0.529. The second-order valence-electron chi connectivity index (χ2n) is 11.7. The molecule has 6 atom stereocenters. The van der Waals surface area contributed by atoms with Crippen LogP contribution in [0.2, 0.25) is 0 Å². The highest BCUT2D eigenvalue weighted by atomic mass is 19.1. The molecule has 1 aliphatic heterocycles. The second-order valence-corrected chi connectivity index (χ2v) is 11.7. The zero-order chi connectivity index (χ0) is 23.3. The smallest absolute Gasteiger partial charge is 0.251 e. The van der Waals surface area contributed by atoms with Crippen LogP contribution in [-0.2, 0) is 6.42 Å². The number of benzene rings is 2. The number of ether oxygens (including phenoxy) is 1. The van der Waals surface area contributed by atoms with Crippen molar-refractivity contribution in [2.24, 2.45) is 17.3 Å². The molecule has 3 fully saturated rings. The molecule has 0 spiro atoms. The lowest BCUT2D eigenvalue weighted by Crippen LogP contribution is -2.43. The number of likely N-dealkylation sites (tertiary alicyclic amines) is 1. The number of aromatic hydroxyl groups is 1. The predicted molar refractivity (Wildman–Crippen MR) is 133 cm³/mol. The van der Waals surface area contributed by atoms with E-state index in [1.165, 1.54) is 48.8 Å². The van der Waals surface area contributed by atoms with E-state index in [0.717, 1.165) is 38.3 Å². The zero-order valence-electron chi connectivity index (χ0n) is 20.4. The highest BCUT2D eigenvalue weighted by molar-refractivity contribution is 5.43. The Kier molecular flexibility index (Phi) is 5.83. The molecular formula is C30H38FNO2. The zero-order valence-corrected chi connectivity index (χ0v) is 20.4. The van der Waals surface area contributed by atoms with Crippen LogP contribution in [0.5, 0.6) is 11.5 Å². The highest BCUT2D eigenvalue weighted by Gasteiger charge is 2.54. The minimum Gasteiger partial charge on any atom is -0.508 e. The Morgan fingerprint density at radius 2 is 1.88 bits per heavy atom. The molecule has 3 aliphatic carbocycles. The van der Waals surface area contributed by atoms with Gasteiger partial charge in [-0.2, -0.15) is 0 Å². The van der Waals surface area contributed by atoms with Crippen molar-refractivity contribution in [2.45, 2.75) is 76.5 Å². The summed E-state index contributed by atoms with van der Waals surface area (Å²) in [5.74, 6) is 3.46. The molecule has 1 unspecified atom stereocenters. The Morgan fingerprint density at radius 1 is 1.09 bits per heavy atom. The van der Waals surface area contributed by atoms with Gasteiger partial charge < -0.3 is 9.84 Å². The van der Waals surface area contributed by atoms with Gasteiger partial charge in [-0.3, -0.25) is 4.90 Å². The fourth-order valence-corrected chi connectivity index (χ4v) is 8.18. The minimum atomic E-state index is -1.28. The molecular weight excluding hydrogens is 425 g/mol. The minimum absolute atomic E-state index is 0.359. The van der Waals surface area contributed by atoms with Crippen LogP contribution in [0.25, 0.3) is 0 Å². The van der Waals surface area contributed by atoms with Crippen LogP contribution >= 0.6 is 0 Å². The molecule has 0 radical (unpaired) electrons. The van der Waals surface area contributed by atoms with Crippen LogP contribution in [0, 0.1) is 17.3 Å². The number of hydrogen-bond acceptors (Lipinski definition) is 3. The van der Waals surface area contributed by atoms with E-state index < -0.39 is 6.36 Å². The molecule has 182 valence electrons. The van der Waals surface area contributed by atoms with E-state index in [2.05, 4.69) is 30.0 Å². The van der Waals surface area contributed by atoms with Crippen molar-refractivity contribution in [1.29, 1.82) is 0 Å². The lowest BCUT2D eigenvalue weighted by molar-refractivity contribution is 0.0361. The Morgan fingerprint density at radius 3 is 2.68 bits per heavy atom. The van der Waals surface area contributed by atoms with Gasteiger partial charge in [0, 0.05) is 0 Å². The molecule has 2 aromatic carbocycles. The predicted octanol–water partition coefficient (Wildman–Crippen LogP) is 6.80. The summed E-state index contributed by atoms with van der Waals surface area (Å²) < 4.78 is 20.2. The van der Waals surface area contributed by atoms with E-state index >= 15 is 0 Å². The SMILES string of the molecule is C[C@@]12CCC[C@H]1[C@@H]1CCc3cc(O)ccc3[C@H]1[C@@H](c1ccc(OC(F)CN3CCCC3)cc1)C2. The average molecular weight is 464 g/mol. The molecule has 0 aromatic heterocycles. The Labute approximate surface area is 203 Å². The van der Waals surface area contributed by atoms with Crippen molar-refractivity contribution in [3.05, 3.63) is 59.2 Å². The first-order valence-corrected chi connectivity index (χ1v) is 13.4. The summed E-state index contributed by atoms with van der Waals surface area (Å²) in [5.41, 5.74) is 4.54. The lowest BCUT2D eigenvalue weighted by atomic mass is 9.51. The van der Waals surface area contributed by atoms with Gasteiger partial charge in [0.05, 0.1) is 6.54 Å². The van der Waals surface area contributed by atoms with Crippen LogP contribution in [0.15, 0.2) is 42.5 Å². The Hall–Kier alpha value is -2.07. The molecule has 2 saturated carbocycles. The first kappa shape index (κ1) is 22.4. The molecule has 4 aliphatic rings. The normalized spacial score (nSPS) is 33.7. The summed E-state index contributed by atoms with van der Waals surface area (Å²) in [7, 11) is 0. The van der Waals surface area contributed by atoms with Crippen molar-refractivity contribution >= 4 is 0 Å². The van der Waals surface area contributed by atoms with Gasteiger partial charge >= 0.3 is 0 Å². The molecule has 3 nitrogen and oxygen atoms in total. The molecule has 2 aromatic rings. The molecule has 0 amide bonds. The number of fused-ring (bicyclic) bond motifs is 5. The molecule has 1 heterocycles. The highest BCUT2D eigenvalue weighted by Crippen LogP contribution is 2.65. The van der Waals surface area contributed by atoms with Crippen molar-refractivity contribution in [3.63, 3.8) is 0 Å². The third-order valence-corrected chi connectivity index (χ3v) is 9.66. The summed E-state index contributed by atoms with van der Waals surface area (Å²) >= 11 is 0. The van der Waals surface area contributed by atoms with Crippen LogP contribution < -0.4 is 4.74 Å². The van der Waals surface area contributed by atoms with E-state index in [-0.39, 0.29) is 0 Å². The number of alkyl halides is 1. The van der Waals surface area contributed by atoms with Crippen molar-refractivity contribution in [3.8, 4) is 11.5 Å². The third kappa shape index (κ3) is 4.02. The largest absolute Gasteiger partial charge is 0.508 e. The van der Waals surface area contributed by atoms with Gasteiger partial charge in [-0.25, -0.2) is 4.39 Å². The van der Waals surface area contributed by atoms with Crippen molar-refractivity contribution in [1.82, 2.24) is 4.90 Å². The van der Waals surface area contributed by atoms with Gasteiger partial charge in [0.1, 0.15) is 11.5 Å². The Balaban J connectivity index is 1.27. The lowest BCUT2D eigenvalue weighted by Gasteiger charge is -2.53. The number of halogens is 1. The number of hydrogen-bond donors (Lipinski definition) is 1. The van der Waals surface area contributed by atoms with Crippen molar-refractivity contribution < 1.29 is 14.2 Å². The van der Waals surface area contributed by atoms with E-state index in [0.29, 0.717) is 41.2 Å². The maximum Gasteiger partial charge on any atom is 0.251 e. The van der Waals surface area contributed by atoms with Gasteiger partial charge in [-0.15, -0.1) is 0 Å². The van der Waals surface area contributed by atoms with Crippen LogP contribution in [0.4, 0.5) is 4.39 Å². The van der Waals surface area contributed by atoms with E-state index in [1.54, 1.807) is 0 Å². The van der Waals surface area contributed by atoms with E-state index in [9.17, 15) is 9.50 Å². The van der Waals surface area contributed by atoms with E-state index in [1.807, 2.05) is 24.3 Å². The molecule has 1 saturated heterocycles. The fraction of sp³-hybridized carbons (Fsp3) is 0.600. The molecule has 4 heteroatoms. The van der Waals surface area contributed by atoms with Gasteiger partial charge in [0.2, 0.25) is 0 Å². The standard InChI is InChI=1S/C30H38FNO2/c1-30-14-4-5-27(30)25-12-8-21-17-22(33)9-13-24(21)29(25)26(18-30)20-6-10-23(11-7-20)34-28(31)19-32-15-2-3-16-32/h6-7,9-11,13,17,25-29,33H,2-5,8,12,14-16,18-19H2,1H3/t25-,26+,27-,28?,29+,30-/m0/s1. The second kappa shape index (κ2) is 8.86. The summed E-state index contributed by atoms with van der Waals surface area (Å²) in [6.45, 7) is 4.85. The van der Waals surface area contributed by atoms with Gasteiger partial charge in [-0.05, 0) is 128 Å². The van der Waals surface area contributed by atoms with Crippen molar-refractivity contribution in [2.75, 3.05) is 19.6 Å². The van der Waals surface area contributed by atoms with Gasteiger partial charge in [0.25, 0.3) is 6.36 Å². The first-order valence-electron chi connectivity index (χ1n) is 13.4. The van der Waals surface area contributed by atoms with Gasteiger partial charge in [0.15, 0.2) is 0 Å². The number of rotatable bonds is 5. The molecule has 6 rings (SSSR count). The first-order chi connectivity index (χ1) is 16.5.